The minimum Gasteiger partial charge on any atom is -0.490 e. The van der Waals surface area contributed by atoms with Crippen LogP contribution in [0, 0.1) is 0 Å². The highest BCUT2D eigenvalue weighted by molar-refractivity contribution is 5.96. The summed E-state index contributed by atoms with van der Waals surface area (Å²) in [4.78, 5) is 118. The molecule has 0 aliphatic carbocycles. The molecule has 0 N–H and O–H groups in total. The van der Waals surface area contributed by atoms with Crippen molar-refractivity contribution in [3.63, 3.8) is 0 Å². The lowest BCUT2D eigenvalue weighted by atomic mass is 9.78. The number of ether oxygens (including phenoxy) is 9. The summed E-state index contributed by atoms with van der Waals surface area (Å²) in [7, 11) is 0. The molecule has 0 heterocycles. The number of carbonyl (C=O) groups is 10. The molecule has 0 fully saturated rings. The van der Waals surface area contributed by atoms with Crippen molar-refractivity contribution in [2.75, 3.05) is 39.6 Å². The predicted molar refractivity (Wildman–Crippen MR) is 280 cm³/mol. The molecule has 4 aromatic carbocycles. The summed E-state index contributed by atoms with van der Waals surface area (Å²) in [5.74, 6) is -3.97. The zero-order valence-corrected chi connectivity index (χ0v) is 45.5. The van der Waals surface area contributed by atoms with Crippen molar-refractivity contribution in [3.8, 4) is 23.0 Å². The van der Waals surface area contributed by atoms with Gasteiger partial charge in [-0.2, -0.15) is 0 Å². The Morgan fingerprint density at radius 1 is 0.308 bits per heavy atom. The van der Waals surface area contributed by atoms with E-state index >= 15 is 0 Å². The second kappa shape index (κ2) is 29.9. The lowest BCUT2D eigenvalue weighted by Gasteiger charge is -2.27. The summed E-state index contributed by atoms with van der Waals surface area (Å²) in [5, 5.41) is 0. The van der Waals surface area contributed by atoms with Gasteiger partial charge in [-0.15, -0.1) is 0 Å². The van der Waals surface area contributed by atoms with Crippen LogP contribution in [0.2, 0.25) is 0 Å². The molecule has 418 valence electrons. The van der Waals surface area contributed by atoms with Crippen LogP contribution < -0.4 is 18.9 Å². The topological polar surface area (TPSA) is 254 Å². The zero-order valence-electron chi connectivity index (χ0n) is 45.5. The van der Waals surface area contributed by atoms with Gasteiger partial charge in [-0.1, -0.05) is 76.2 Å². The van der Waals surface area contributed by atoms with Gasteiger partial charge in [-0.05, 0) is 105 Å². The van der Waals surface area contributed by atoms with Crippen LogP contribution in [0.15, 0.2) is 97.1 Å². The van der Waals surface area contributed by atoms with E-state index < -0.39 is 103 Å². The second-order valence-electron chi connectivity index (χ2n) is 19.7. The van der Waals surface area contributed by atoms with Crippen molar-refractivity contribution in [1.29, 1.82) is 0 Å². The first-order chi connectivity index (χ1) is 36.8. The molecule has 0 amide bonds. The quantitative estimate of drug-likeness (QED) is 0.0258. The summed E-state index contributed by atoms with van der Waals surface area (Å²) in [5.41, 5.74) is 2.75. The summed E-state index contributed by atoms with van der Waals surface area (Å²) in [6, 6.07) is 29.3. The average Bonchev–Trinajstić information content (AvgIpc) is 3.38. The van der Waals surface area contributed by atoms with E-state index in [9.17, 15) is 47.9 Å². The Labute approximate surface area is 453 Å². The van der Waals surface area contributed by atoms with Crippen molar-refractivity contribution in [1.82, 2.24) is 0 Å². The Kier molecular flexibility index (Phi) is 23.9. The Morgan fingerprint density at radius 2 is 0.500 bits per heavy atom. The van der Waals surface area contributed by atoms with Crippen LogP contribution in [-0.4, -0.2) is 117 Å². The SMILES string of the molecule is CC(=O)CC(=O)OCC(COc1ccc(C(C)(C)c2ccc(OCC(COc3ccc(C(C)(C)c4ccc(OCC(COC(=O)CC(C)=O)OC(=O)CC(C)=O)cc4)cc3)OC(=O)CC(C)=O)cc2)cc1)OC(=O)CC(C)=O. The molecule has 4 aromatic rings. The molecule has 19 nitrogen and oxygen atoms in total. The predicted octanol–water partition coefficient (Wildman–Crippen LogP) is 7.27. The van der Waals surface area contributed by atoms with E-state index in [1.165, 1.54) is 34.6 Å². The maximum absolute atomic E-state index is 12.7. The van der Waals surface area contributed by atoms with Gasteiger partial charge in [0.25, 0.3) is 0 Å². The van der Waals surface area contributed by atoms with Gasteiger partial charge in [-0.25, -0.2) is 0 Å². The molecule has 0 aliphatic heterocycles. The first-order valence-corrected chi connectivity index (χ1v) is 25.1. The normalized spacial score (nSPS) is 12.3. The molecule has 78 heavy (non-hydrogen) atoms. The number of ketones is 5. The molecule has 0 aromatic heterocycles. The first kappa shape index (κ1) is 62.3. The van der Waals surface area contributed by atoms with Gasteiger partial charge in [0.2, 0.25) is 0 Å². The number of benzene rings is 4. The fourth-order valence-electron chi connectivity index (χ4n) is 7.48. The highest BCUT2D eigenvalue weighted by atomic mass is 16.6. The third-order valence-electron chi connectivity index (χ3n) is 11.8. The van der Waals surface area contributed by atoms with Gasteiger partial charge < -0.3 is 42.6 Å². The zero-order chi connectivity index (χ0) is 57.6. The molecular formula is C59H68O19. The molecule has 0 saturated carbocycles. The van der Waals surface area contributed by atoms with E-state index in [0.717, 1.165) is 22.3 Å². The van der Waals surface area contributed by atoms with Crippen molar-refractivity contribution < 1.29 is 90.6 Å². The standard InChI is InChI=1S/C59H68O19/c1-37(60)26-53(65)74-35-51(77-56(68)29-40(4)63)33-72-48-22-14-44(15-23-48)58(6,7)42-10-18-46(19-11-42)70-31-50(76-55(67)28-39(3)62)32-71-47-20-12-43(13-21-47)59(8,9)45-16-24-49(25-17-45)73-34-52(78-57(69)30-41(5)64)36-75-54(66)27-38(2)61/h10-25,50-52H,26-36H2,1-9H3. The van der Waals surface area contributed by atoms with Crippen molar-refractivity contribution in [2.45, 2.75) is 124 Å². The molecule has 0 aliphatic rings. The number of esters is 5. The van der Waals surface area contributed by atoms with E-state index in [1.807, 2.05) is 76.2 Å². The fourth-order valence-corrected chi connectivity index (χ4v) is 7.48. The Hall–Kier alpha value is -8.22. The summed E-state index contributed by atoms with van der Waals surface area (Å²) >= 11 is 0. The molecule has 0 bridgehead atoms. The Balaban J connectivity index is 1.35. The summed E-state index contributed by atoms with van der Waals surface area (Å²) < 4.78 is 50.3. The maximum Gasteiger partial charge on any atom is 0.313 e. The van der Waals surface area contributed by atoms with Gasteiger partial charge in [0.1, 0.15) is 124 Å². The number of carbonyl (C=O) groups excluding carboxylic acids is 10. The van der Waals surface area contributed by atoms with Crippen LogP contribution in [0.1, 0.15) is 117 Å². The highest BCUT2D eigenvalue weighted by Crippen LogP contribution is 2.35. The van der Waals surface area contributed by atoms with Crippen LogP contribution in [0.25, 0.3) is 0 Å². The van der Waals surface area contributed by atoms with Gasteiger partial charge in [0.15, 0.2) is 18.3 Å². The molecular weight excluding hydrogens is 1010 g/mol. The van der Waals surface area contributed by atoms with Gasteiger partial charge >= 0.3 is 29.8 Å². The smallest absolute Gasteiger partial charge is 0.313 e. The molecule has 0 saturated heterocycles. The average molecular weight is 1080 g/mol. The van der Waals surface area contributed by atoms with Crippen LogP contribution in [-0.2, 0) is 82.5 Å². The van der Waals surface area contributed by atoms with Gasteiger partial charge in [0, 0.05) is 10.8 Å². The highest BCUT2D eigenvalue weighted by Gasteiger charge is 2.27. The number of hydrogen-bond donors (Lipinski definition) is 0. The Morgan fingerprint density at radius 3 is 0.705 bits per heavy atom. The largest absolute Gasteiger partial charge is 0.490 e. The molecule has 2 atom stereocenters. The van der Waals surface area contributed by atoms with E-state index in [2.05, 4.69) is 0 Å². The first-order valence-electron chi connectivity index (χ1n) is 25.1. The Bertz CT molecular complexity index is 2550. The molecule has 4 rings (SSSR count). The summed E-state index contributed by atoms with van der Waals surface area (Å²) in [6.07, 6.45) is -5.17. The monoisotopic (exact) mass is 1080 g/mol. The van der Waals surface area contributed by atoms with Crippen molar-refractivity contribution in [3.05, 3.63) is 119 Å². The fraction of sp³-hybridized carbons (Fsp3) is 0.424. The number of rotatable bonds is 33. The molecule has 0 spiro atoms. The van der Waals surface area contributed by atoms with Gasteiger partial charge in [-0.3, -0.25) is 47.9 Å². The number of Topliss-reactive ketones (excluding diaryl/α,β-unsaturated/α-hetero) is 5. The van der Waals surface area contributed by atoms with Crippen LogP contribution in [0.3, 0.4) is 0 Å². The van der Waals surface area contributed by atoms with E-state index in [-0.39, 0.29) is 57.0 Å². The molecule has 19 heteroatoms. The van der Waals surface area contributed by atoms with Crippen molar-refractivity contribution in [2.24, 2.45) is 0 Å². The maximum atomic E-state index is 12.7. The minimum absolute atomic E-state index is 0.0868. The third-order valence-corrected chi connectivity index (χ3v) is 11.8. The summed E-state index contributed by atoms with van der Waals surface area (Å²) in [6.45, 7) is 13.1. The number of hydrogen-bond acceptors (Lipinski definition) is 19. The lowest BCUT2D eigenvalue weighted by Crippen LogP contribution is -2.31. The van der Waals surface area contributed by atoms with E-state index in [1.54, 1.807) is 48.5 Å². The van der Waals surface area contributed by atoms with Crippen LogP contribution in [0.4, 0.5) is 0 Å². The van der Waals surface area contributed by atoms with Gasteiger partial charge in [0.05, 0.1) is 0 Å². The minimum atomic E-state index is -1.03. The van der Waals surface area contributed by atoms with Crippen LogP contribution >= 0.6 is 0 Å². The third kappa shape index (κ3) is 21.8. The molecule has 2 unspecified atom stereocenters. The van der Waals surface area contributed by atoms with E-state index in [4.69, 9.17) is 42.6 Å². The van der Waals surface area contributed by atoms with E-state index in [0.29, 0.717) is 23.0 Å². The lowest BCUT2D eigenvalue weighted by molar-refractivity contribution is -0.162. The molecule has 0 radical (unpaired) electrons. The second-order valence-corrected chi connectivity index (χ2v) is 19.7. The van der Waals surface area contributed by atoms with Crippen molar-refractivity contribution >= 4 is 58.8 Å². The van der Waals surface area contributed by atoms with Crippen LogP contribution in [0.5, 0.6) is 23.0 Å².